The fourth-order valence-electron chi connectivity index (χ4n) is 3.76. The molecule has 3 heterocycles. The molecule has 1 aliphatic rings. The van der Waals surface area contributed by atoms with Crippen molar-refractivity contribution in [2.45, 2.75) is 19.9 Å². The average Bonchev–Trinajstić information content (AvgIpc) is 3.46. The lowest BCUT2D eigenvalue weighted by Gasteiger charge is -2.35. The third-order valence-electron chi connectivity index (χ3n) is 5.56. The first kappa shape index (κ1) is 21.8. The van der Waals surface area contributed by atoms with E-state index in [0.29, 0.717) is 36.9 Å². The van der Waals surface area contributed by atoms with Gasteiger partial charge in [0.1, 0.15) is 6.04 Å². The van der Waals surface area contributed by atoms with Crippen LogP contribution in [0.25, 0.3) is 10.9 Å². The molecule has 4 amide bonds. The number of carbonyl (C=O) groups excluding carboxylic acids is 3. The largest absolute Gasteiger partial charge is 0.360 e. The van der Waals surface area contributed by atoms with Gasteiger partial charge in [0.25, 0.3) is 5.91 Å². The van der Waals surface area contributed by atoms with Crippen molar-refractivity contribution in [3.8, 4) is 0 Å². The quantitative estimate of drug-likeness (QED) is 0.551. The number of carbonyl (C=O) groups is 3. The van der Waals surface area contributed by atoms with Crippen LogP contribution >= 0.6 is 11.3 Å². The lowest BCUT2D eigenvalue weighted by Crippen LogP contribution is -2.57. The number of amides is 4. The minimum absolute atomic E-state index is 0.0506. The van der Waals surface area contributed by atoms with Crippen LogP contribution in [0.5, 0.6) is 0 Å². The number of nitrogens with one attached hydrogen (secondary N) is 3. The molecule has 3 aromatic rings. The van der Waals surface area contributed by atoms with Crippen molar-refractivity contribution < 1.29 is 14.4 Å². The van der Waals surface area contributed by atoms with E-state index in [2.05, 4.69) is 20.6 Å². The number of aromatic amines is 1. The summed E-state index contributed by atoms with van der Waals surface area (Å²) in [4.78, 5) is 49.0. The molecule has 1 aromatic carbocycles. The predicted molar refractivity (Wildman–Crippen MR) is 124 cm³/mol. The third-order valence-corrected chi connectivity index (χ3v) is 6.25. The van der Waals surface area contributed by atoms with Crippen LogP contribution in [0.1, 0.15) is 24.2 Å². The van der Waals surface area contributed by atoms with Crippen molar-refractivity contribution in [2.75, 3.05) is 31.5 Å². The first-order valence-electron chi connectivity index (χ1n) is 10.5. The van der Waals surface area contributed by atoms with E-state index >= 15 is 0 Å². The first-order chi connectivity index (χ1) is 15.4. The molecular weight excluding hydrogens is 428 g/mol. The van der Waals surface area contributed by atoms with E-state index in [1.807, 2.05) is 38.1 Å². The Morgan fingerprint density at radius 2 is 1.81 bits per heavy atom. The first-order valence-corrected chi connectivity index (χ1v) is 11.4. The highest BCUT2D eigenvalue weighted by Gasteiger charge is 2.30. The zero-order chi connectivity index (χ0) is 22.7. The van der Waals surface area contributed by atoms with Crippen LogP contribution in [0.15, 0.2) is 42.0 Å². The maximum absolute atomic E-state index is 13.0. The van der Waals surface area contributed by atoms with Crippen molar-refractivity contribution in [1.29, 1.82) is 0 Å². The molecule has 0 saturated carbocycles. The van der Waals surface area contributed by atoms with Crippen LogP contribution in [0, 0.1) is 5.92 Å². The topological polar surface area (TPSA) is 110 Å². The Kier molecular flexibility index (Phi) is 6.40. The minimum Gasteiger partial charge on any atom is -0.360 e. The van der Waals surface area contributed by atoms with Gasteiger partial charge in [-0.05, 0) is 12.0 Å². The summed E-state index contributed by atoms with van der Waals surface area (Å²) in [5.74, 6) is -0.439. The maximum atomic E-state index is 13.0. The van der Waals surface area contributed by atoms with E-state index in [9.17, 15) is 14.4 Å². The van der Waals surface area contributed by atoms with E-state index in [-0.39, 0.29) is 23.8 Å². The number of anilines is 1. The number of thiazole rings is 1. The molecular formula is C22H26N6O3S. The second kappa shape index (κ2) is 9.39. The molecule has 1 aliphatic heterocycles. The van der Waals surface area contributed by atoms with Crippen LogP contribution in [0.3, 0.4) is 0 Å². The number of hydrogen-bond donors (Lipinski definition) is 3. The van der Waals surface area contributed by atoms with Crippen LogP contribution in [0.2, 0.25) is 0 Å². The zero-order valence-corrected chi connectivity index (χ0v) is 18.8. The van der Waals surface area contributed by atoms with E-state index in [4.69, 9.17) is 0 Å². The molecule has 1 unspecified atom stereocenters. The van der Waals surface area contributed by atoms with Crippen molar-refractivity contribution in [3.63, 3.8) is 0 Å². The number of urea groups is 1. The number of aromatic nitrogens is 2. The van der Waals surface area contributed by atoms with Crippen molar-refractivity contribution >= 4 is 45.2 Å². The lowest BCUT2D eigenvalue weighted by molar-refractivity contribution is -0.118. The lowest BCUT2D eigenvalue weighted by atomic mass is 10.0. The Morgan fingerprint density at radius 3 is 2.50 bits per heavy atom. The van der Waals surface area contributed by atoms with Crippen LogP contribution in [0.4, 0.5) is 9.93 Å². The smallest absolute Gasteiger partial charge is 0.318 e. The van der Waals surface area contributed by atoms with Gasteiger partial charge in [0.2, 0.25) is 5.91 Å². The molecule has 1 atom stereocenters. The summed E-state index contributed by atoms with van der Waals surface area (Å²) in [5.41, 5.74) is 1.56. The maximum Gasteiger partial charge on any atom is 0.318 e. The highest BCUT2D eigenvalue weighted by atomic mass is 32.1. The molecule has 1 fully saturated rings. The number of nitrogens with zero attached hydrogens (tertiary/aromatic N) is 3. The number of piperazine rings is 1. The molecule has 2 aromatic heterocycles. The second-order valence-corrected chi connectivity index (χ2v) is 8.92. The highest BCUT2D eigenvalue weighted by Crippen LogP contribution is 2.20. The summed E-state index contributed by atoms with van der Waals surface area (Å²) < 4.78 is 0. The molecule has 0 spiro atoms. The van der Waals surface area contributed by atoms with Crippen molar-refractivity contribution in [3.05, 3.63) is 47.6 Å². The standard InChI is InChI=1S/C22H26N6O3S/c1-14(2)18(19(29)26-21-23-7-12-32-21)25-22(31)28-10-8-27(9-11-28)20(30)16-13-24-17-6-4-3-5-15(16)17/h3-7,12-14,18,24H,8-11H2,1-2H3,(H,25,31)(H,23,26,29). The van der Waals surface area contributed by atoms with Gasteiger partial charge >= 0.3 is 6.03 Å². The van der Waals surface area contributed by atoms with Crippen LogP contribution in [-0.2, 0) is 4.79 Å². The number of fused-ring (bicyclic) bond motifs is 1. The summed E-state index contributed by atoms with van der Waals surface area (Å²) in [6.07, 6.45) is 3.35. The molecule has 0 bridgehead atoms. The Morgan fingerprint density at radius 1 is 1.09 bits per heavy atom. The number of rotatable bonds is 5. The van der Waals surface area contributed by atoms with Gasteiger partial charge in [-0.25, -0.2) is 9.78 Å². The van der Waals surface area contributed by atoms with Gasteiger partial charge in [-0.2, -0.15) is 0 Å². The predicted octanol–water partition coefficient (Wildman–Crippen LogP) is 2.76. The van der Waals surface area contributed by atoms with Gasteiger partial charge < -0.3 is 25.4 Å². The van der Waals surface area contributed by atoms with E-state index in [1.54, 1.807) is 27.6 Å². The summed E-state index contributed by atoms with van der Waals surface area (Å²) in [5, 5.41) is 8.75. The van der Waals surface area contributed by atoms with Gasteiger partial charge in [-0.3, -0.25) is 9.59 Å². The minimum atomic E-state index is -0.683. The molecule has 0 aliphatic carbocycles. The molecule has 9 nitrogen and oxygen atoms in total. The normalized spacial score (nSPS) is 15.1. The van der Waals surface area contributed by atoms with E-state index in [0.717, 1.165) is 10.9 Å². The van der Waals surface area contributed by atoms with Gasteiger partial charge in [0.05, 0.1) is 5.56 Å². The van der Waals surface area contributed by atoms with Crippen molar-refractivity contribution in [2.24, 2.45) is 5.92 Å². The van der Waals surface area contributed by atoms with E-state index < -0.39 is 6.04 Å². The molecule has 4 rings (SSSR count). The van der Waals surface area contributed by atoms with Gasteiger partial charge in [-0.15, -0.1) is 11.3 Å². The second-order valence-electron chi connectivity index (χ2n) is 8.02. The molecule has 0 radical (unpaired) electrons. The van der Waals surface area contributed by atoms with Crippen LogP contribution in [-0.4, -0.2) is 69.8 Å². The van der Waals surface area contributed by atoms with E-state index in [1.165, 1.54) is 11.3 Å². The fraction of sp³-hybridized carbons (Fsp3) is 0.364. The molecule has 168 valence electrons. The Hall–Kier alpha value is -3.40. The summed E-state index contributed by atoms with van der Waals surface area (Å²) in [6, 6.07) is 6.70. The summed E-state index contributed by atoms with van der Waals surface area (Å²) >= 11 is 1.32. The zero-order valence-electron chi connectivity index (χ0n) is 18.0. The molecule has 3 N–H and O–H groups in total. The average molecular weight is 455 g/mol. The fourth-order valence-corrected chi connectivity index (χ4v) is 4.29. The summed E-state index contributed by atoms with van der Waals surface area (Å²) in [7, 11) is 0. The SMILES string of the molecule is CC(C)C(NC(=O)N1CCN(C(=O)c2c[nH]c3ccccc23)CC1)C(=O)Nc1nccs1. The molecule has 32 heavy (non-hydrogen) atoms. The number of benzene rings is 1. The Bertz CT molecular complexity index is 1100. The summed E-state index contributed by atoms with van der Waals surface area (Å²) in [6.45, 7) is 5.43. The highest BCUT2D eigenvalue weighted by molar-refractivity contribution is 7.13. The molecule has 10 heteroatoms. The monoisotopic (exact) mass is 454 g/mol. The Labute approximate surface area is 189 Å². The number of para-hydroxylation sites is 1. The van der Waals surface area contributed by atoms with Crippen LogP contribution < -0.4 is 10.6 Å². The third kappa shape index (κ3) is 4.59. The van der Waals surface area contributed by atoms with Gasteiger partial charge in [0, 0.05) is 54.9 Å². The number of hydrogen-bond acceptors (Lipinski definition) is 5. The molecule has 1 saturated heterocycles. The Balaban J connectivity index is 1.34. The van der Waals surface area contributed by atoms with Gasteiger partial charge in [-0.1, -0.05) is 32.0 Å². The van der Waals surface area contributed by atoms with Gasteiger partial charge in [0.15, 0.2) is 5.13 Å². The van der Waals surface area contributed by atoms with Crippen molar-refractivity contribution in [1.82, 2.24) is 25.1 Å². The number of H-pyrrole nitrogens is 1.